The summed E-state index contributed by atoms with van der Waals surface area (Å²) in [6.07, 6.45) is -7.21. The number of nitrogens with two attached hydrogens (primary N) is 1. The van der Waals surface area contributed by atoms with Gasteiger partial charge < -0.3 is 11.1 Å². The standard InChI is InChI=1S/C10H9F5N2S/c11-8(12)4-17-5-1-2-7(10(13,14)15)6(3-5)9(16)18/h1-3,8,17H,4H2,(H2,16,18). The Bertz CT molecular complexity index is 444. The Hall–Kier alpha value is -1.44. The van der Waals surface area contributed by atoms with E-state index < -0.39 is 35.3 Å². The van der Waals surface area contributed by atoms with E-state index in [1.807, 2.05) is 0 Å². The van der Waals surface area contributed by atoms with Crippen LogP contribution in [0.25, 0.3) is 0 Å². The second-order valence-corrected chi connectivity index (χ2v) is 3.83. The van der Waals surface area contributed by atoms with Crippen LogP contribution in [0.1, 0.15) is 11.1 Å². The third-order valence-corrected chi connectivity index (χ3v) is 2.27. The average Bonchev–Trinajstić information content (AvgIpc) is 2.24. The number of thiocarbonyl (C=S) groups is 1. The molecule has 0 aliphatic rings. The van der Waals surface area contributed by atoms with Crippen LogP contribution < -0.4 is 11.1 Å². The molecule has 0 fully saturated rings. The summed E-state index contributed by atoms with van der Waals surface area (Å²) in [7, 11) is 0. The highest BCUT2D eigenvalue weighted by atomic mass is 32.1. The number of anilines is 1. The first kappa shape index (κ1) is 14.6. The predicted molar refractivity (Wildman–Crippen MR) is 61.8 cm³/mol. The predicted octanol–water partition coefficient (Wildman–Crippen LogP) is 3.02. The normalized spacial score (nSPS) is 11.7. The molecule has 0 amide bonds. The molecule has 0 saturated heterocycles. The molecule has 2 nitrogen and oxygen atoms in total. The van der Waals surface area contributed by atoms with Gasteiger partial charge in [0.25, 0.3) is 6.43 Å². The minimum atomic E-state index is -4.60. The lowest BCUT2D eigenvalue weighted by Gasteiger charge is -2.14. The Kier molecular flexibility index (Phi) is 4.44. The number of rotatable bonds is 4. The lowest BCUT2D eigenvalue weighted by Crippen LogP contribution is -2.19. The maximum atomic E-state index is 12.6. The molecule has 0 saturated carbocycles. The highest BCUT2D eigenvalue weighted by molar-refractivity contribution is 7.80. The molecular formula is C10H9F5N2S. The van der Waals surface area contributed by atoms with E-state index in [1.54, 1.807) is 0 Å². The Labute approximate surface area is 105 Å². The van der Waals surface area contributed by atoms with Crippen molar-refractivity contribution < 1.29 is 22.0 Å². The molecule has 0 aliphatic heterocycles. The van der Waals surface area contributed by atoms with E-state index in [0.717, 1.165) is 18.2 Å². The van der Waals surface area contributed by atoms with Crippen LogP contribution in [0.4, 0.5) is 27.6 Å². The monoisotopic (exact) mass is 284 g/mol. The second-order valence-electron chi connectivity index (χ2n) is 3.39. The second kappa shape index (κ2) is 5.47. The molecule has 1 aromatic carbocycles. The topological polar surface area (TPSA) is 38.0 Å². The molecule has 8 heteroatoms. The molecule has 0 radical (unpaired) electrons. The van der Waals surface area contributed by atoms with Crippen molar-refractivity contribution in [2.45, 2.75) is 12.6 Å². The zero-order valence-electron chi connectivity index (χ0n) is 8.89. The van der Waals surface area contributed by atoms with Crippen LogP contribution in [0.3, 0.4) is 0 Å². The number of halogens is 5. The lowest BCUT2D eigenvalue weighted by molar-refractivity contribution is -0.137. The van der Waals surface area contributed by atoms with Gasteiger partial charge in [-0.05, 0) is 18.2 Å². The van der Waals surface area contributed by atoms with E-state index in [9.17, 15) is 22.0 Å². The zero-order chi connectivity index (χ0) is 13.9. The van der Waals surface area contributed by atoms with Gasteiger partial charge in [0, 0.05) is 11.3 Å². The first-order valence-corrected chi connectivity index (χ1v) is 5.15. The van der Waals surface area contributed by atoms with Crippen molar-refractivity contribution in [2.75, 3.05) is 11.9 Å². The number of hydrogen-bond donors (Lipinski definition) is 2. The van der Waals surface area contributed by atoms with E-state index in [-0.39, 0.29) is 5.69 Å². The fourth-order valence-corrected chi connectivity index (χ4v) is 1.47. The molecule has 1 aromatic rings. The maximum Gasteiger partial charge on any atom is 0.417 e. The summed E-state index contributed by atoms with van der Waals surface area (Å²) in [5.41, 5.74) is 3.91. The molecule has 0 aliphatic carbocycles. The van der Waals surface area contributed by atoms with Crippen LogP contribution in [0, 0.1) is 0 Å². The summed E-state index contributed by atoms with van der Waals surface area (Å²) < 4.78 is 61.7. The average molecular weight is 284 g/mol. The minimum Gasteiger partial charge on any atom is -0.389 e. The van der Waals surface area contributed by atoms with E-state index in [4.69, 9.17) is 5.73 Å². The molecule has 18 heavy (non-hydrogen) atoms. The van der Waals surface area contributed by atoms with Gasteiger partial charge in [-0.3, -0.25) is 0 Å². The molecule has 0 spiro atoms. The van der Waals surface area contributed by atoms with Gasteiger partial charge in [-0.15, -0.1) is 0 Å². The summed E-state index contributed by atoms with van der Waals surface area (Å²) in [4.78, 5) is -0.442. The van der Waals surface area contributed by atoms with Crippen molar-refractivity contribution >= 4 is 22.9 Å². The Morgan fingerprint density at radius 2 is 1.94 bits per heavy atom. The summed E-state index contributed by atoms with van der Waals surface area (Å²) in [6, 6.07) is 2.81. The van der Waals surface area contributed by atoms with Crippen molar-refractivity contribution in [3.8, 4) is 0 Å². The number of hydrogen-bond acceptors (Lipinski definition) is 2. The lowest BCUT2D eigenvalue weighted by atomic mass is 10.1. The van der Waals surface area contributed by atoms with Crippen molar-refractivity contribution in [3.05, 3.63) is 29.3 Å². The minimum absolute atomic E-state index is 0.103. The molecule has 3 N–H and O–H groups in total. The Balaban J connectivity index is 3.08. The van der Waals surface area contributed by atoms with E-state index in [2.05, 4.69) is 17.5 Å². The third-order valence-electron chi connectivity index (χ3n) is 2.05. The summed E-state index contributed by atoms with van der Waals surface area (Å²) in [5.74, 6) is 0. The van der Waals surface area contributed by atoms with Gasteiger partial charge in [0.05, 0.1) is 12.1 Å². The third kappa shape index (κ3) is 3.80. The zero-order valence-corrected chi connectivity index (χ0v) is 9.71. The van der Waals surface area contributed by atoms with Crippen molar-refractivity contribution in [1.29, 1.82) is 0 Å². The molecule has 100 valence electrons. The van der Waals surface area contributed by atoms with Crippen LogP contribution in [0.5, 0.6) is 0 Å². The first-order chi connectivity index (χ1) is 8.21. The quantitative estimate of drug-likeness (QED) is 0.659. The SMILES string of the molecule is NC(=S)c1cc(NCC(F)F)ccc1C(F)(F)F. The van der Waals surface area contributed by atoms with Gasteiger partial charge in [0.15, 0.2) is 0 Å². The Morgan fingerprint density at radius 3 is 2.39 bits per heavy atom. The van der Waals surface area contributed by atoms with E-state index in [1.165, 1.54) is 0 Å². The van der Waals surface area contributed by atoms with Gasteiger partial charge in [0.2, 0.25) is 0 Å². The smallest absolute Gasteiger partial charge is 0.389 e. The Morgan fingerprint density at radius 1 is 1.33 bits per heavy atom. The summed E-state index contributed by atoms with van der Waals surface area (Å²) in [6.45, 7) is -0.665. The van der Waals surface area contributed by atoms with Crippen LogP contribution in [-0.2, 0) is 6.18 Å². The highest BCUT2D eigenvalue weighted by Crippen LogP contribution is 2.33. The van der Waals surface area contributed by atoms with Crippen molar-refractivity contribution in [3.63, 3.8) is 0 Å². The van der Waals surface area contributed by atoms with Gasteiger partial charge in [-0.2, -0.15) is 13.2 Å². The van der Waals surface area contributed by atoms with Gasteiger partial charge in [0.1, 0.15) is 4.99 Å². The van der Waals surface area contributed by atoms with Gasteiger partial charge >= 0.3 is 6.18 Å². The molecule has 0 bridgehead atoms. The van der Waals surface area contributed by atoms with Crippen molar-refractivity contribution in [2.24, 2.45) is 5.73 Å². The molecule has 0 unspecified atom stereocenters. The van der Waals surface area contributed by atoms with E-state index in [0.29, 0.717) is 0 Å². The number of alkyl halides is 5. The van der Waals surface area contributed by atoms with Crippen LogP contribution in [0.2, 0.25) is 0 Å². The van der Waals surface area contributed by atoms with Crippen LogP contribution >= 0.6 is 12.2 Å². The highest BCUT2D eigenvalue weighted by Gasteiger charge is 2.34. The largest absolute Gasteiger partial charge is 0.417 e. The van der Waals surface area contributed by atoms with Gasteiger partial charge in [-0.1, -0.05) is 12.2 Å². The molecular weight excluding hydrogens is 275 g/mol. The molecule has 0 heterocycles. The molecule has 0 atom stereocenters. The summed E-state index contributed by atoms with van der Waals surface area (Å²) >= 11 is 4.52. The van der Waals surface area contributed by atoms with E-state index >= 15 is 0 Å². The fraction of sp³-hybridized carbons (Fsp3) is 0.300. The molecule has 1 rings (SSSR count). The number of nitrogens with one attached hydrogen (secondary N) is 1. The van der Waals surface area contributed by atoms with Gasteiger partial charge in [-0.25, -0.2) is 8.78 Å². The van der Waals surface area contributed by atoms with Crippen LogP contribution in [0.15, 0.2) is 18.2 Å². The molecule has 0 aromatic heterocycles. The first-order valence-electron chi connectivity index (χ1n) is 4.75. The maximum absolute atomic E-state index is 12.6. The summed E-state index contributed by atoms with van der Waals surface area (Å²) in [5, 5.41) is 2.29. The van der Waals surface area contributed by atoms with Crippen LogP contribution in [-0.4, -0.2) is 18.0 Å². The van der Waals surface area contributed by atoms with Crippen molar-refractivity contribution in [1.82, 2.24) is 0 Å². The fourth-order valence-electron chi connectivity index (χ4n) is 1.30. The number of benzene rings is 1.